The molecule has 162 valence electrons. The van der Waals surface area contributed by atoms with Crippen molar-refractivity contribution in [2.75, 3.05) is 4.90 Å². The number of aryl methyl sites for hydroxylation is 1. The molecule has 2 heterocycles. The molecule has 0 aliphatic carbocycles. The molecule has 4 rings (SSSR count). The van der Waals surface area contributed by atoms with Crippen molar-refractivity contribution >= 4 is 75.0 Å². The smallest absolute Gasteiger partial charge is 0.263 e. The normalized spacial score (nSPS) is 21.3. The Kier molecular flexibility index (Phi) is 6.40. The number of carbonyl (C=O) groups excluding carboxylic acids is 3. The fourth-order valence-corrected chi connectivity index (χ4v) is 4.41. The molecule has 2 fully saturated rings. The molecule has 7 nitrogen and oxygen atoms in total. The summed E-state index contributed by atoms with van der Waals surface area (Å²) in [7, 11) is 0. The average molecular weight is 485 g/mol. The molecule has 2 saturated heterocycles. The molecule has 0 spiro atoms. The number of thioether (sulfide) groups is 1. The lowest BCUT2D eigenvalue weighted by atomic mass is 10.0. The SMILES string of the molecule is CCc1ccc(N=C2NC(=O)/C(=C/[C@@H]3C(=O)NC(=S)N(c4ccc(Cl)cc4)C3=O)S2)cc1. The van der Waals surface area contributed by atoms with E-state index in [0.29, 0.717) is 21.6 Å². The summed E-state index contributed by atoms with van der Waals surface area (Å²) in [6, 6.07) is 14.2. The van der Waals surface area contributed by atoms with Gasteiger partial charge in [-0.3, -0.25) is 19.3 Å². The highest BCUT2D eigenvalue weighted by Gasteiger charge is 2.39. The zero-order chi connectivity index (χ0) is 22.8. The number of aliphatic imine (C=N–C) groups is 1. The van der Waals surface area contributed by atoms with Gasteiger partial charge in [0.15, 0.2) is 10.3 Å². The van der Waals surface area contributed by atoms with E-state index in [1.807, 2.05) is 24.3 Å². The van der Waals surface area contributed by atoms with Crippen molar-refractivity contribution in [3.05, 3.63) is 70.1 Å². The van der Waals surface area contributed by atoms with Crippen LogP contribution in [0.25, 0.3) is 0 Å². The van der Waals surface area contributed by atoms with Gasteiger partial charge in [0.25, 0.3) is 5.91 Å². The summed E-state index contributed by atoms with van der Waals surface area (Å²) in [5, 5.41) is 6.04. The quantitative estimate of drug-likeness (QED) is 0.392. The first-order chi connectivity index (χ1) is 15.4. The number of amides is 3. The number of carbonyl (C=O) groups is 3. The van der Waals surface area contributed by atoms with Crippen LogP contribution in [0.15, 0.2) is 64.5 Å². The van der Waals surface area contributed by atoms with Crippen LogP contribution in [-0.2, 0) is 20.8 Å². The van der Waals surface area contributed by atoms with Gasteiger partial charge in [0.1, 0.15) is 5.92 Å². The fraction of sp³-hybridized carbons (Fsp3) is 0.136. The monoisotopic (exact) mass is 484 g/mol. The van der Waals surface area contributed by atoms with Crippen LogP contribution in [0, 0.1) is 5.92 Å². The van der Waals surface area contributed by atoms with Crippen LogP contribution in [0.4, 0.5) is 11.4 Å². The molecule has 0 radical (unpaired) electrons. The summed E-state index contributed by atoms with van der Waals surface area (Å²) >= 11 is 12.2. The number of nitrogens with one attached hydrogen (secondary N) is 2. The minimum Gasteiger partial charge on any atom is -0.301 e. The number of amidine groups is 1. The van der Waals surface area contributed by atoms with E-state index in [2.05, 4.69) is 22.5 Å². The molecule has 0 bridgehead atoms. The number of hydrogen-bond donors (Lipinski definition) is 2. The summed E-state index contributed by atoms with van der Waals surface area (Å²) in [4.78, 5) is 43.9. The number of benzene rings is 2. The van der Waals surface area contributed by atoms with Crippen molar-refractivity contribution in [1.82, 2.24) is 10.6 Å². The Morgan fingerprint density at radius 3 is 2.44 bits per heavy atom. The maximum atomic E-state index is 13.1. The van der Waals surface area contributed by atoms with Gasteiger partial charge < -0.3 is 10.6 Å². The van der Waals surface area contributed by atoms with Crippen molar-refractivity contribution in [2.24, 2.45) is 10.9 Å². The molecule has 2 aromatic carbocycles. The minimum atomic E-state index is -1.21. The Labute approximate surface area is 198 Å². The van der Waals surface area contributed by atoms with Crippen molar-refractivity contribution < 1.29 is 14.4 Å². The van der Waals surface area contributed by atoms with Crippen LogP contribution < -0.4 is 15.5 Å². The molecule has 3 amide bonds. The van der Waals surface area contributed by atoms with Gasteiger partial charge in [0.05, 0.1) is 16.3 Å². The molecule has 10 heteroatoms. The second-order valence-corrected chi connectivity index (χ2v) is 8.80. The molecule has 2 N–H and O–H groups in total. The van der Waals surface area contributed by atoms with Gasteiger partial charge in [-0.05, 0) is 78.4 Å². The second-order valence-electron chi connectivity index (χ2n) is 6.95. The van der Waals surface area contributed by atoms with Gasteiger partial charge in [0.2, 0.25) is 11.8 Å². The van der Waals surface area contributed by atoms with E-state index in [1.165, 1.54) is 16.5 Å². The van der Waals surface area contributed by atoms with Crippen LogP contribution in [0.1, 0.15) is 12.5 Å². The predicted octanol–water partition coefficient (Wildman–Crippen LogP) is 3.70. The maximum Gasteiger partial charge on any atom is 0.263 e. The van der Waals surface area contributed by atoms with E-state index in [1.54, 1.807) is 24.3 Å². The Hall–Kier alpha value is -3.01. The predicted molar refractivity (Wildman–Crippen MR) is 130 cm³/mol. The van der Waals surface area contributed by atoms with Gasteiger partial charge in [-0.1, -0.05) is 30.7 Å². The van der Waals surface area contributed by atoms with E-state index in [9.17, 15) is 14.4 Å². The first kappa shape index (κ1) is 22.2. The molecular weight excluding hydrogens is 468 g/mol. The third kappa shape index (κ3) is 4.59. The van der Waals surface area contributed by atoms with Gasteiger partial charge in [-0.2, -0.15) is 0 Å². The number of thiocarbonyl (C=S) groups is 1. The van der Waals surface area contributed by atoms with Crippen molar-refractivity contribution in [3.63, 3.8) is 0 Å². The maximum absolute atomic E-state index is 13.1. The van der Waals surface area contributed by atoms with E-state index in [0.717, 1.165) is 18.2 Å². The molecule has 0 aromatic heterocycles. The molecule has 0 saturated carbocycles. The third-order valence-corrected chi connectivity index (χ3v) is 6.30. The van der Waals surface area contributed by atoms with E-state index >= 15 is 0 Å². The zero-order valence-electron chi connectivity index (χ0n) is 16.8. The van der Waals surface area contributed by atoms with Crippen molar-refractivity contribution in [1.29, 1.82) is 0 Å². The molecule has 32 heavy (non-hydrogen) atoms. The molecule has 2 aliphatic rings. The highest BCUT2D eigenvalue weighted by Crippen LogP contribution is 2.30. The van der Waals surface area contributed by atoms with E-state index in [-0.39, 0.29) is 10.0 Å². The summed E-state index contributed by atoms with van der Waals surface area (Å²) in [5.41, 5.74) is 2.34. The summed E-state index contributed by atoms with van der Waals surface area (Å²) in [6.07, 6.45) is 2.26. The Balaban J connectivity index is 1.57. The minimum absolute atomic E-state index is 0.0294. The molecule has 0 unspecified atom stereocenters. The highest BCUT2D eigenvalue weighted by atomic mass is 35.5. The van der Waals surface area contributed by atoms with Crippen LogP contribution in [-0.4, -0.2) is 28.0 Å². The van der Waals surface area contributed by atoms with Crippen molar-refractivity contribution in [2.45, 2.75) is 13.3 Å². The summed E-state index contributed by atoms with van der Waals surface area (Å²) in [6.45, 7) is 2.06. The number of nitrogens with zero attached hydrogens (tertiary/aromatic N) is 2. The van der Waals surface area contributed by atoms with Crippen LogP contribution in [0.3, 0.4) is 0 Å². The Morgan fingerprint density at radius 1 is 1.09 bits per heavy atom. The summed E-state index contributed by atoms with van der Waals surface area (Å²) < 4.78 is 0. The second kappa shape index (κ2) is 9.23. The topological polar surface area (TPSA) is 90.9 Å². The molecule has 2 aliphatic heterocycles. The third-order valence-electron chi connectivity index (χ3n) is 4.83. The number of rotatable bonds is 4. The number of hydrogen-bond acceptors (Lipinski definition) is 6. The lowest BCUT2D eigenvalue weighted by molar-refractivity contribution is -0.131. The molecule has 1 atom stereocenters. The first-order valence-electron chi connectivity index (χ1n) is 9.68. The van der Waals surface area contributed by atoms with E-state index in [4.69, 9.17) is 23.8 Å². The van der Waals surface area contributed by atoms with Crippen LogP contribution in [0.2, 0.25) is 5.02 Å². The van der Waals surface area contributed by atoms with Gasteiger partial charge in [-0.15, -0.1) is 0 Å². The van der Waals surface area contributed by atoms with E-state index < -0.39 is 23.6 Å². The number of anilines is 1. The summed E-state index contributed by atoms with van der Waals surface area (Å²) in [5.74, 6) is -2.78. The van der Waals surface area contributed by atoms with Gasteiger partial charge in [0, 0.05) is 5.02 Å². The van der Waals surface area contributed by atoms with Crippen LogP contribution >= 0.6 is 35.6 Å². The lowest BCUT2D eigenvalue weighted by Gasteiger charge is -2.31. The first-order valence-corrected chi connectivity index (χ1v) is 11.3. The van der Waals surface area contributed by atoms with Gasteiger partial charge in [-0.25, -0.2) is 4.99 Å². The highest BCUT2D eigenvalue weighted by molar-refractivity contribution is 8.18. The molecular formula is C22H17ClN4O3S2. The number of halogens is 1. The van der Waals surface area contributed by atoms with Gasteiger partial charge >= 0.3 is 0 Å². The average Bonchev–Trinajstić information content (AvgIpc) is 3.11. The zero-order valence-corrected chi connectivity index (χ0v) is 19.2. The Morgan fingerprint density at radius 2 is 1.78 bits per heavy atom. The van der Waals surface area contributed by atoms with Crippen molar-refractivity contribution in [3.8, 4) is 0 Å². The van der Waals surface area contributed by atoms with Crippen LogP contribution in [0.5, 0.6) is 0 Å². The molecule has 2 aromatic rings. The fourth-order valence-electron chi connectivity index (χ4n) is 3.14. The Bertz CT molecular complexity index is 1180. The lowest BCUT2D eigenvalue weighted by Crippen LogP contribution is -2.57. The largest absolute Gasteiger partial charge is 0.301 e. The standard InChI is InChI=1S/C22H17ClN4O3S2/c1-2-12-3-7-14(8-4-12)24-21-25-19(29)17(32-21)11-16-18(28)26-22(31)27(20(16)30)15-9-5-13(23)6-10-15/h3-11,16H,2H2,1H3,(H,24,25,29)(H,26,28,31)/b17-11-/t16-/m1/s1.